The zero-order valence-corrected chi connectivity index (χ0v) is 23.7. The molecule has 0 atom stereocenters. The molecular weight excluding hydrogens is 516 g/mol. The van der Waals surface area contributed by atoms with Crippen molar-refractivity contribution in [2.75, 3.05) is 25.6 Å². The quantitative estimate of drug-likeness (QED) is 0.299. The minimum atomic E-state index is -0.886. The summed E-state index contributed by atoms with van der Waals surface area (Å²) < 4.78 is 40.7. The van der Waals surface area contributed by atoms with Gasteiger partial charge in [-0.2, -0.15) is 0 Å². The second-order valence-corrected chi connectivity index (χ2v) is 10.8. The molecule has 212 valence electrons. The van der Waals surface area contributed by atoms with Gasteiger partial charge in [0, 0.05) is 29.4 Å². The molecule has 0 amide bonds. The van der Waals surface area contributed by atoms with Gasteiger partial charge < -0.3 is 24.5 Å². The number of fused-ring (bicyclic) bond motifs is 2. The molecule has 0 bridgehead atoms. The number of hydrogen-bond donors (Lipinski definition) is 2. The van der Waals surface area contributed by atoms with E-state index in [9.17, 15) is 13.6 Å². The van der Waals surface area contributed by atoms with Gasteiger partial charge in [-0.3, -0.25) is 4.79 Å². The first-order valence-corrected chi connectivity index (χ1v) is 13.1. The van der Waals surface area contributed by atoms with Crippen molar-refractivity contribution in [3.8, 4) is 16.9 Å². The smallest absolute Gasteiger partial charge is 0.310 e. The number of ether oxygens (including phenoxy) is 2. The first-order valence-electron chi connectivity index (χ1n) is 13.1. The number of rotatable bonds is 5. The zero-order chi connectivity index (χ0) is 29.2. The highest BCUT2D eigenvalue weighted by atomic mass is 19.2. The standard InChI is InChI=1S/C27H25F2N3O3.C4H10O/c1-15-18(7-8-22-26(15)30-10-12-35-22)24-19-9-11-32(14-17-5-4-6-21(28)25(17)29)27(19)31-16(2)20(24)13-23(33)34-3;1-4(2,3)5/h4-9,11,30H,10,12-14H2,1-3H3;5H,1-3H3. The van der Waals surface area contributed by atoms with Crippen molar-refractivity contribution in [3.63, 3.8) is 0 Å². The number of esters is 1. The Morgan fingerprint density at radius 2 is 1.90 bits per heavy atom. The molecule has 0 radical (unpaired) electrons. The summed E-state index contributed by atoms with van der Waals surface area (Å²) in [6.07, 6.45) is 1.87. The predicted octanol–water partition coefficient (Wildman–Crippen LogP) is 5.94. The van der Waals surface area contributed by atoms with E-state index >= 15 is 0 Å². The number of carbonyl (C=O) groups excluding carboxylic acids is 1. The molecule has 0 saturated carbocycles. The highest BCUT2D eigenvalue weighted by Gasteiger charge is 2.24. The summed E-state index contributed by atoms with van der Waals surface area (Å²) in [5, 5.41) is 12.7. The summed E-state index contributed by atoms with van der Waals surface area (Å²) in [5.74, 6) is -1.34. The Kier molecular flexibility index (Phi) is 8.44. The first kappa shape index (κ1) is 29.0. The Morgan fingerprint density at radius 3 is 2.60 bits per heavy atom. The summed E-state index contributed by atoms with van der Waals surface area (Å²) in [5.41, 5.74) is 5.49. The van der Waals surface area contributed by atoms with Crippen molar-refractivity contribution in [2.45, 2.75) is 53.2 Å². The van der Waals surface area contributed by atoms with E-state index in [1.807, 2.05) is 38.2 Å². The monoisotopic (exact) mass is 551 g/mol. The summed E-state index contributed by atoms with van der Waals surface area (Å²) in [4.78, 5) is 17.1. The van der Waals surface area contributed by atoms with Crippen molar-refractivity contribution < 1.29 is 28.2 Å². The SMILES string of the molecule is CC(C)(C)O.COC(=O)Cc1c(C)nc2c(ccn2Cc2cccc(F)c2F)c1-c1ccc2c(c1C)NCCO2. The second kappa shape index (κ2) is 11.6. The van der Waals surface area contributed by atoms with E-state index in [4.69, 9.17) is 19.6 Å². The molecule has 5 rings (SSSR count). The highest BCUT2D eigenvalue weighted by Crippen LogP contribution is 2.42. The molecule has 0 aliphatic carbocycles. The van der Waals surface area contributed by atoms with Gasteiger partial charge >= 0.3 is 5.97 Å². The number of methoxy groups -OCH3 is 1. The second-order valence-electron chi connectivity index (χ2n) is 10.8. The van der Waals surface area contributed by atoms with Gasteiger partial charge in [0.05, 0.1) is 31.4 Å². The van der Waals surface area contributed by atoms with Crippen molar-refractivity contribution in [1.29, 1.82) is 0 Å². The average Bonchev–Trinajstić information content (AvgIpc) is 3.28. The van der Waals surface area contributed by atoms with E-state index in [-0.39, 0.29) is 24.5 Å². The number of carbonyl (C=O) groups is 1. The lowest BCUT2D eigenvalue weighted by atomic mass is 9.90. The van der Waals surface area contributed by atoms with E-state index in [0.717, 1.165) is 45.1 Å². The summed E-state index contributed by atoms with van der Waals surface area (Å²) >= 11 is 0. The summed E-state index contributed by atoms with van der Waals surface area (Å²) in [6.45, 7) is 10.5. The maximum absolute atomic E-state index is 14.4. The number of aromatic nitrogens is 2. The molecule has 0 fully saturated rings. The fourth-order valence-electron chi connectivity index (χ4n) is 4.71. The molecule has 3 heterocycles. The van der Waals surface area contributed by atoms with E-state index in [2.05, 4.69) is 5.32 Å². The maximum atomic E-state index is 14.4. The van der Waals surface area contributed by atoms with Crippen LogP contribution in [0.1, 0.15) is 43.2 Å². The van der Waals surface area contributed by atoms with Crippen LogP contribution < -0.4 is 10.1 Å². The lowest BCUT2D eigenvalue weighted by Crippen LogP contribution is -2.19. The van der Waals surface area contributed by atoms with Gasteiger partial charge in [0.25, 0.3) is 0 Å². The molecule has 0 unspecified atom stereocenters. The van der Waals surface area contributed by atoms with Crippen molar-refractivity contribution in [2.24, 2.45) is 0 Å². The Morgan fingerprint density at radius 1 is 1.18 bits per heavy atom. The van der Waals surface area contributed by atoms with Gasteiger partial charge in [0.2, 0.25) is 0 Å². The first-order chi connectivity index (χ1) is 18.9. The number of nitrogens with one attached hydrogen (secondary N) is 1. The third kappa shape index (κ3) is 6.25. The lowest BCUT2D eigenvalue weighted by Gasteiger charge is -2.24. The van der Waals surface area contributed by atoms with Crippen molar-refractivity contribution in [3.05, 3.63) is 76.6 Å². The fraction of sp³-hybridized carbons (Fsp3) is 0.355. The normalized spacial score (nSPS) is 12.6. The molecule has 2 N–H and O–H groups in total. The number of aliphatic hydroxyl groups is 1. The number of hydrogen-bond acceptors (Lipinski definition) is 6. The van der Waals surface area contributed by atoms with Crippen LogP contribution in [0.15, 0.2) is 42.6 Å². The molecule has 1 aliphatic heterocycles. The number of benzene rings is 2. The molecule has 4 aromatic rings. The molecule has 1 aliphatic rings. The molecule has 7 nitrogen and oxygen atoms in total. The third-order valence-electron chi connectivity index (χ3n) is 6.49. The minimum Gasteiger partial charge on any atom is -0.490 e. The zero-order valence-electron chi connectivity index (χ0n) is 23.7. The summed E-state index contributed by atoms with van der Waals surface area (Å²) in [7, 11) is 1.36. The molecule has 0 saturated heterocycles. The number of aryl methyl sites for hydroxylation is 1. The number of anilines is 1. The fourth-order valence-corrected chi connectivity index (χ4v) is 4.71. The van der Waals surface area contributed by atoms with Gasteiger partial charge in [-0.15, -0.1) is 0 Å². The average molecular weight is 552 g/mol. The third-order valence-corrected chi connectivity index (χ3v) is 6.49. The Hall–Kier alpha value is -3.98. The van der Waals surface area contributed by atoms with Crippen LogP contribution in [0.5, 0.6) is 5.75 Å². The Labute approximate surface area is 232 Å². The number of halogens is 2. The van der Waals surface area contributed by atoms with Crippen LogP contribution in [0.4, 0.5) is 14.5 Å². The van der Waals surface area contributed by atoms with Crippen LogP contribution in [-0.4, -0.2) is 46.5 Å². The maximum Gasteiger partial charge on any atom is 0.310 e. The van der Waals surface area contributed by atoms with Gasteiger partial charge in [0.1, 0.15) is 18.0 Å². The highest BCUT2D eigenvalue weighted by molar-refractivity contribution is 5.99. The van der Waals surface area contributed by atoms with Crippen LogP contribution in [0.3, 0.4) is 0 Å². The molecule has 2 aromatic heterocycles. The predicted molar refractivity (Wildman–Crippen MR) is 152 cm³/mol. The number of pyridine rings is 1. The van der Waals surface area contributed by atoms with E-state index in [1.54, 1.807) is 31.4 Å². The van der Waals surface area contributed by atoms with Gasteiger partial charge in [-0.1, -0.05) is 18.2 Å². The topological polar surface area (TPSA) is 85.6 Å². The van der Waals surface area contributed by atoms with Crippen LogP contribution in [0, 0.1) is 25.5 Å². The Balaban J connectivity index is 0.000000681. The van der Waals surface area contributed by atoms with E-state index in [1.165, 1.54) is 13.2 Å². The molecule has 40 heavy (non-hydrogen) atoms. The van der Waals surface area contributed by atoms with Gasteiger partial charge in [0.15, 0.2) is 11.6 Å². The Bertz CT molecular complexity index is 1550. The molecule has 2 aromatic carbocycles. The molecule has 0 spiro atoms. The summed E-state index contributed by atoms with van der Waals surface area (Å²) in [6, 6.07) is 9.96. The van der Waals surface area contributed by atoms with Gasteiger partial charge in [-0.05, 0) is 75.1 Å². The van der Waals surface area contributed by atoms with Crippen molar-refractivity contribution in [1.82, 2.24) is 9.55 Å². The van der Waals surface area contributed by atoms with Crippen LogP contribution >= 0.6 is 0 Å². The van der Waals surface area contributed by atoms with E-state index in [0.29, 0.717) is 24.5 Å². The van der Waals surface area contributed by atoms with E-state index < -0.39 is 17.2 Å². The largest absolute Gasteiger partial charge is 0.490 e. The lowest BCUT2D eigenvalue weighted by molar-refractivity contribution is -0.139. The molecular formula is C31H35F2N3O4. The van der Waals surface area contributed by atoms with Crippen molar-refractivity contribution >= 4 is 22.7 Å². The van der Waals surface area contributed by atoms with Crippen LogP contribution in [-0.2, 0) is 22.5 Å². The minimum absolute atomic E-state index is 0.0603. The van der Waals surface area contributed by atoms with Crippen LogP contribution in [0.2, 0.25) is 0 Å². The number of nitrogens with zero attached hydrogens (tertiary/aromatic N) is 2. The van der Waals surface area contributed by atoms with Crippen LogP contribution in [0.25, 0.3) is 22.2 Å². The van der Waals surface area contributed by atoms with Gasteiger partial charge in [-0.25, -0.2) is 13.8 Å². The molecule has 9 heteroatoms.